The molecule has 0 unspecified atom stereocenters. The zero-order valence-electron chi connectivity index (χ0n) is 15.0. The van der Waals surface area contributed by atoms with Crippen LogP contribution in [-0.2, 0) is 19.1 Å². The maximum atomic E-state index is 12.6. The van der Waals surface area contributed by atoms with E-state index in [1.54, 1.807) is 0 Å². The average molecular weight is 399 g/mol. The number of anilines is 1. The Morgan fingerprint density at radius 3 is 2.44 bits per heavy atom. The molecule has 9 nitrogen and oxygen atoms in total. The third-order valence-corrected chi connectivity index (χ3v) is 4.28. The number of nitrogens with zero attached hydrogens (tertiary/aromatic N) is 1. The Kier molecular flexibility index (Phi) is 6.65. The van der Waals surface area contributed by atoms with Crippen molar-refractivity contribution < 1.29 is 33.7 Å². The highest BCUT2D eigenvalue weighted by atomic mass is 35.5. The summed E-state index contributed by atoms with van der Waals surface area (Å²) in [7, 11) is 3.79. The van der Waals surface area contributed by atoms with E-state index in [0.29, 0.717) is 0 Å². The maximum absolute atomic E-state index is 12.6. The lowest BCUT2D eigenvalue weighted by Gasteiger charge is -2.16. The van der Waals surface area contributed by atoms with Crippen molar-refractivity contribution >= 4 is 35.1 Å². The van der Waals surface area contributed by atoms with Crippen LogP contribution >= 0.6 is 11.6 Å². The quantitative estimate of drug-likeness (QED) is 0.648. The molecule has 0 aromatic heterocycles. The van der Waals surface area contributed by atoms with Gasteiger partial charge in [0.1, 0.15) is 16.5 Å². The molecule has 146 valence electrons. The van der Waals surface area contributed by atoms with Crippen LogP contribution in [0.5, 0.6) is 5.75 Å². The number of halogens is 1. The third-order valence-electron chi connectivity index (χ3n) is 3.89. The van der Waals surface area contributed by atoms with Crippen molar-refractivity contribution in [3.63, 3.8) is 0 Å². The molecule has 0 atom stereocenters. The van der Waals surface area contributed by atoms with Gasteiger partial charge in [0.2, 0.25) is 0 Å². The van der Waals surface area contributed by atoms with Gasteiger partial charge in [-0.25, -0.2) is 9.59 Å². The van der Waals surface area contributed by atoms with E-state index >= 15 is 0 Å². The van der Waals surface area contributed by atoms with Crippen LogP contribution in [0.3, 0.4) is 0 Å². The third kappa shape index (κ3) is 4.15. The number of aliphatic hydroxyl groups is 1. The second-order valence-corrected chi connectivity index (χ2v) is 5.83. The summed E-state index contributed by atoms with van der Waals surface area (Å²) >= 11 is 6.27. The first-order chi connectivity index (χ1) is 12.9. The molecule has 27 heavy (non-hydrogen) atoms. The normalized spacial score (nSPS) is 13.7. The number of methoxy groups -OCH3 is 3. The van der Waals surface area contributed by atoms with Crippen molar-refractivity contribution in [2.45, 2.75) is 0 Å². The molecule has 1 heterocycles. The van der Waals surface area contributed by atoms with Crippen molar-refractivity contribution in [2.24, 2.45) is 0 Å². The Balaban J connectivity index is 2.50. The number of hydrogen-bond acceptors (Lipinski definition) is 8. The Hall–Kier alpha value is -2.78. The number of nitrogens with one attached hydrogen (secondary N) is 1. The molecule has 1 aromatic rings. The van der Waals surface area contributed by atoms with Crippen LogP contribution in [0.1, 0.15) is 10.4 Å². The van der Waals surface area contributed by atoms with Gasteiger partial charge < -0.3 is 29.5 Å². The standard InChI is InChI=1S/C17H19ClN2O7/c1-25-12-7-9(16(23)26-2)6-11(13(12)18)19-14-10(17(24)27-3)8-20(4-5-21)15(14)22/h6-7,19,21H,4-5,8H2,1-3H3. The lowest BCUT2D eigenvalue weighted by molar-refractivity contribution is -0.136. The van der Waals surface area contributed by atoms with E-state index in [-0.39, 0.29) is 53.0 Å². The molecule has 0 spiro atoms. The van der Waals surface area contributed by atoms with Gasteiger partial charge in [-0.05, 0) is 12.1 Å². The average Bonchev–Trinajstić information content (AvgIpc) is 2.98. The number of carbonyl (C=O) groups excluding carboxylic acids is 3. The molecule has 1 aliphatic heterocycles. The number of esters is 2. The summed E-state index contributed by atoms with van der Waals surface area (Å²) in [6, 6.07) is 2.77. The summed E-state index contributed by atoms with van der Waals surface area (Å²) in [6.07, 6.45) is 0. The fraction of sp³-hybridized carbons (Fsp3) is 0.353. The van der Waals surface area contributed by atoms with Crippen LogP contribution in [0.2, 0.25) is 5.02 Å². The summed E-state index contributed by atoms with van der Waals surface area (Å²) in [5.74, 6) is -1.66. The number of carbonyl (C=O) groups is 3. The highest BCUT2D eigenvalue weighted by Gasteiger charge is 2.35. The number of ether oxygens (including phenoxy) is 3. The number of hydrogen-bond donors (Lipinski definition) is 2. The molecule has 10 heteroatoms. The molecular weight excluding hydrogens is 380 g/mol. The minimum Gasteiger partial charge on any atom is -0.495 e. The second kappa shape index (κ2) is 8.74. The van der Waals surface area contributed by atoms with Crippen molar-refractivity contribution in [1.82, 2.24) is 4.90 Å². The predicted octanol–water partition coefficient (Wildman–Crippen LogP) is 0.809. The van der Waals surface area contributed by atoms with E-state index in [9.17, 15) is 14.4 Å². The smallest absolute Gasteiger partial charge is 0.338 e. The van der Waals surface area contributed by atoms with Gasteiger partial charge in [0.25, 0.3) is 5.91 Å². The molecular formula is C17H19ClN2O7. The van der Waals surface area contributed by atoms with Crippen LogP contribution in [0.25, 0.3) is 0 Å². The highest BCUT2D eigenvalue weighted by Crippen LogP contribution is 2.36. The molecule has 2 N–H and O–H groups in total. The molecule has 2 rings (SSSR count). The maximum Gasteiger partial charge on any atom is 0.338 e. The Bertz CT molecular complexity index is 807. The lowest BCUT2D eigenvalue weighted by atomic mass is 10.1. The van der Waals surface area contributed by atoms with E-state index in [1.165, 1.54) is 38.4 Å². The molecule has 0 radical (unpaired) electrons. The van der Waals surface area contributed by atoms with Gasteiger partial charge in [-0.3, -0.25) is 4.79 Å². The molecule has 0 aliphatic carbocycles. The predicted molar refractivity (Wildman–Crippen MR) is 95.7 cm³/mol. The minimum absolute atomic E-state index is 0.0279. The zero-order chi connectivity index (χ0) is 20.1. The van der Waals surface area contributed by atoms with Crippen molar-refractivity contribution in [3.8, 4) is 5.75 Å². The van der Waals surface area contributed by atoms with Crippen molar-refractivity contribution in [2.75, 3.05) is 46.3 Å². The van der Waals surface area contributed by atoms with E-state index < -0.39 is 17.8 Å². The zero-order valence-corrected chi connectivity index (χ0v) is 15.8. The van der Waals surface area contributed by atoms with Crippen LogP contribution < -0.4 is 10.1 Å². The van der Waals surface area contributed by atoms with Crippen LogP contribution in [0, 0.1) is 0 Å². The fourth-order valence-corrected chi connectivity index (χ4v) is 2.79. The Labute approximate surface area is 160 Å². The molecule has 1 aliphatic rings. The first kappa shape index (κ1) is 20.5. The molecule has 0 saturated heterocycles. The summed E-state index contributed by atoms with van der Waals surface area (Å²) in [6.45, 7) is -0.247. The SMILES string of the molecule is COC(=O)C1=C(Nc2cc(C(=O)OC)cc(OC)c2Cl)C(=O)N(CCO)C1. The topological polar surface area (TPSA) is 114 Å². The van der Waals surface area contributed by atoms with Crippen LogP contribution in [-0.4, -0.2) is 68.9 Å². The highest BCUT2D eigenvalue weighted by molar-refractivity contribution is 6.35. The van der Waals surface area contributed by atoms with E-state index in [0.717, 1.165) is 0 Å². The molecule has 0 bridgehead atoms. The van der Waals surface area contributed by atoms with Gasteiger partial charge >= 0.3 is 11.9 Å². The Morgan fingerprint density at radius 2 is 1.89 bits per heavy atom. The first-order valence-electron chi connectivity index (χ1n) is 7.82. The van der Waals surface area contributed by atoms with E-state index in [1.807, 2.05) is 0 Å². The molecule has 0 saturated carbocycles. The van der Waals surface area contributed by atoms with Gasteiger partial charge in [-0.15, -0.1) is 0 Å². The van der Waals surface area contributed by atoms with E-state index in [4.69, 9.17) is 30.9 Å². The number of β-amino-alcohol motifs (C(OH)–C–C–N with tert-alkyl or cyclic N) is 1. The molecule has 0 fully saturated rings. The van der Waals surface area contributed by atoms with Gasteiger partial charge in [-0.2, -0.15) is 0 Å². The summed E-state index contributed by atoms with van der Waals surface area (Å²) < 4.78 is 14.6. The van der Waals surface area contributed by atoms with Gasteiger partial charge in [-0.1, -0.05) is 11.6 Å². The number of amides is 1. The van der Waals surface area contributed by atoms with Gasteiger partial charge in [0, 0.05) is 6.54 Å². The van der Waals surface area contributed by atoms with E-state index in [2.05, 4.69) is 5.32 Å². The lowest BCUT2D eigenvalue weighted by Crippen LogP contribution is -2.31. The minimum atomic E-state index is -0.696. The molecule has 1 amide bonds. The summed E-state index contributed by atoms with van der Waals surface area (Å²) in [4.78, 5) is 37.8. The van der Waals surface area contributed by atoms with Crippen LogP contribution in [0.15, 0.2) is 23.4 Å². The van der Waals surface area contributed by atoms with Crippen molar-refractivity contribution in [1.29, 1.82) is 0 Å². The number of rotatable bonds is 7. The molecule has 1 aromatic carbocycles. The van der Waals surface area contributed by atoms with Gasteiger partial charge in [0.05, 0.1) is 51.3 Å². The largest absolute Gasteiger partial charge is 0.495 e. The number of benzene rings is 1. The first-order valence-corrected chi connectivity index (χ1v) is 8.20. The Morgan fingerprint density at radius 1 is 1.22 bits per heavy atom. The van der Waals surface area contributed by atoms with Crippen LogP contribution in [0.4, 0.5) is 5.69 Å². The summed E-state index contributed by atoms with van der Waals surface area (Å²) in [5, 5.41) is 12.0. The number of aliphatic hydroxyl groups excluding tert-OH is 1. The van der Waals surface area contributed by atoms with Gasteiger partial charge in [0.15, 0.2) is 0 Å². The summed E-state index contributed by atoms with van der Waals surface area (Å²) in [5.41, 5.74) is 0.335. The monoisotopic (exact) mass is 398 g/mol. The second-order valence-electron chi connectivity index (χ2n) is 5.45. The van der Waals surface area contributed by atoms with Crippen molar-refractivity contribution in [3.05, 3.63) is 34.0 Å². The fourth-order valence-electron chi connectivity index (χ4n) is 2.56.